The van der Waals surface area contributed by atoms with E-state index in [-0.39, 0.29) is 16.7 Å². The van der Waals surface area contributed by atoms with E-state index in [2.05, 4.69) is 12.1 Å². The Morgan fingerprint density at radius 1 is 0.971 bits per heavy atom. The second kappa shape index (κ2) is 9.11. The summed E-state index contributed by atoms with van der Waals surface area (Å²) in [6.45, 7) is 7.28. The lowest BCUT2D eigenvalue weighted by atomic mass is 10.00. The van der Waals surface area contributed by atoms with Gasteiger partial charge in [0.1, 0.15) is 0 Å². The zero-order valence-corrected chi connectivity index (χ0v) is 20.4. The van der Waals surface area contributed by atoms with E-state index in [0.29, 0.717) is 29.1 Å². The zero-order valence-electron chi connectivity index (χ0n) is 19.6. The van der Waals surface area contributed by atoms with Crippen LogP contribution in [0.15, 0.2) is 76.7 Å². The van der Waals surface area contributed by atoms with Crippen molar-refractivity contribution in [2.75, 3.05) is 6.54 Å². The van der Waals surface area contributed by atoms with Crippen LogP contribution >= 0.6 is 11.8 Å². The first-order valence-corrected chi connectivity index (χ1v) is 12.4. The number of thioether (sulfide) groups is 1. The molecule has 1 atom stereocenters. The highest BCUT2D eigenvalue weighted by Gasteiger charge is 2.27. The average Bonchev–Trinajstić information content (AvgIpc) is 2.85. The number of hydrogen-bond donors (Lipinski definition) is 0. The lowest BCUT2D eigenvalue weighted by Gasteiger charge is -2.31. The maximum Gasteiger partial charge on any atom is 0.266 e. The highest BCUT2D eigenvalue weighted by atomic mass is 32.2. The average molecular weight is 470 g/mol. The second-order valence-corrected chi connectivity index (χ2v) is 10.1. The van der Waals surface area contributed by atoms with Crippen LogP contribution < -0.4 is 5.56 Å². The van der Waals surface area contributed by atoms with E-state index in [0.717, 1.165) is 23.2 Å². The number of rotatable bonds is 4. The Kier molecular flexibility index (Phi) is 6.00. The molecule has 34 heavy (non-hydrogen) atoms. The molecule has 0 spiro atoms. The molecule has 0 saturated heterocycles. The summed E-state index contributed by atoms with van der Waals surface area (Å²) in [4.78, 5) is 33.8. The summed E-state index contributed by atoms with van der Waals surface area (Å²) in [5, 5.41) is 0.727. The van der Waals surface area contributed by atoms with Crippen molar-refractivity contribution >= 4 is 28.6 Å². The lowest BCUT2D eigenvalue weighted by molar-refractivity contribution is -0.131. The first-order chi connectivity index (χ1) is 16.4. The summed E-state index contributed by atoms with van der Waals surface area (Å²) in [7, 11) is 0. The van der Waals surface area contributed by atoms with Crippen LogP contribution in [-0.2, 0) is 17.8 Å². The molecule has 1 aromatic heterocycles. The highest BCUT2D eigenvalue weighted by Crippen LogP contribution is 2.29. The Morgan fingerprint density at radius 2 is 1.71 bits per heavy atom. The molecule has 4 aromatic rings. The maximum atomic E-state index is 13.6. The molecule has 2 heterocycles. The van der Waals surface area contributed by atoms with Crippen LogP contribution in [0.4, 0.5) is 0 Å². The molecule has 0 N–H and O–H groups in total. The summed E-state index contributed by atoms with van der Waals surface area (Å²) in [5.41, 5.74) is 5.97. The summed E-state index contributed by atoms with van der Waals surface area (Å²) >= 11 is 1.35. The van der Waals surface area contributed by atoms with Gasteiger partial charge in [-0.1, -0.05) is 60.3 Å². The molecule has 5 nitrogen and oxygen atoms in total. The Morgan fingerprint density at radius 3 is 2.53 bits per heavy atom. The van der Waals surface area contributed by atoms with E-state index in [4.69, 9.17) is 4.98 Å². The van der Waals surface area contributed by atoms with Gasteiger partial charge in [-0.15, -0.1) is 0 Å². The molecule has 0 aliphatic carbocycles. The van der Waals surface area contributed by atoms with Gasteiger partial charge in [-0.05, 0) is 67.6 Å². The van der Waals surface area contributed by atoms with Gasteiger partial charge >= 0.3 is 0 Å². The predicted molar refractivity (Wildman–Crippen MR) is 138 cm³/mol. The van der Waals surface area contributed by atoms with Gasteiger partial charge in [-0.2, -0.15) is 0 Å². The number of aryl methyl sites for hydroxylation is 1. The molecule has 172 valence electrons. The van der Waals surface area contributed by atoms with E-state index in [1.807, 2.05) is 74.2 Å². The quantitative estimate of drug-likeness (QED) is 0.309. The molecule has 1 aliphatic rings. The fraction of sp³-hybridized carbons (Fsp3) is 0.250. The first-order valence-electron chi connectivity index (χ1n) is 11.5. The van der Waals surface area contributed by atoms with Crippen molar-refractivity contribution in [3.8, 4) is 5.69 Å². The van der Waals surface area contributed by atoms with Gasteiger partial charge in [0.25, 0.3) is 5.56 Å². The number of benzene rings is 3. The van der Waals surface area contributed by atoms with Crippen molar-refractivity contribution in [2.24, 2.45) is 0 Å². The van der Waals surface area contributed by atoms with Crippen molar-refractivity contribution in [1.82, 2.24) is 14.5 Å². The molecule has 0 radical (unpaired) electrons. The second-order valence-electron chi connectivity index (χ2n) is 8.81. The van der Waals surface area contributed by atoms with Crippen LogP contribution in [0, 0.1) is 13.8 Å². The van der Waals surface area contributed by atoms with Gasteiger partial charge in [0.05, 0.1) is 21.8 Å². The first kappa shape index (κ1) is 22.4. The lowest BCUT2D eigenvalue weighted by Crippen LogP contribution is -2.40. The standard InChI is InChI=1S/C28H27N3O2S/c1-18-9-8-14-25(19(18)2)31-27(33)23-12-6-7-13-24(23)29-28(31)34-20(3)26(32)30-16-15-21-10-4-5-11-22(21)17-30/h4-14,20H,15-17H2,1-3H3. The number of aromatic nitrogens is 2. The molecule has 0 saturated carbocycles. The van der Waals surface area contributed by atoms with E-state index in [1.165, 1.54) is 22.9 Å². The molecule has 1 amide bonds. The fourth-order valence-electron chi connectivity index (χ4n) is 4.53. The Balaban J connectivity index is 1.53. The topological polar surface area (TPSA) is 55.2 Å². The van der Waals surface area contributed by atoms with Gasteiger partial charge in [-0.25, -0.2) is 4.98 Å². The van der Waals surface area contributed by atoms with Crippen molar-refractivity contribution in [3.05, 3.63) is 99.3 Å². The molecule has 1 unspecified atom stereocenters. The smallest absolute Gasteiger partial charge is 0.266 e. The molecule has 3 aromatic carbocycles. The predicted octanol–water partition coefficient (Wildman–Crippen LogP) is 5.07. The number of carbonyl (C=O) groups is 1. The molecule has 1 aliphatic heterocycles. The van der Waals surface area contributed by atoms with Crippen LogP contribution in [0.2, 0.25) is 0 Å². The number of carbonyl (C=O) groups excluding carboxylic acids is 1. The normalized spacial score (nSPS) is 14.1. The largest absolute Gasteiger partial charge is 0.337 e. The summed E-state index contributed by atoms with van der Waals surface area (Å²) in [6, 6.07) is 21.6. The Bertz CT molecular complexity index is 1460. The summed E-state index contributed by atoms with van der Waals surface area (Å²) < 4.78 is 1.67. The van der Waals surface area contributed by atoms with Crippen LogP contribution in [0.5, 0.6) is 0 Å². The van der Waals surface area contributed by atoms with Crippen molar-refractivity contribution < 1.29 is 4.79 Å². The Labute approximate surface area is 203 Å². The third-order valence-electron chi connectivity index (χ3n) is 6.63. The third-order valence-corrected chi connectivity index (χ3v) is 7.67. The van der Waals surface area contributed by atoms with Crippen LogP contribution in [0.1, 0.15) is 29.2 Å². The van der Waals surface area contributed by atoms with E-state index >= 15 is 0 Å². The maximum absolute atomic E-state index is 13.6. The van der Waals surface area contributed by atoms with E-state index in [1.54, 1.807) is 10.6 Å². The number of para-hydroxylation sites is 1. The van der Waals surface area contributed by atoms with Crippen LogP contribution in [-0.4, -0.2) is 32.2 Å². The van der Waals surface area contributed by atoms with E-state index < -0.39 is 0 Å². The molecule has 0 fully saturated rings. The van der Waals surface area contributed by atoms with Crippen LogP contribution in [0.3, 0.4) is 0 Å². The minimum absolute atomic E-state index is 0.0643. The molecule has 6 heteroatoms. The number of fused-ring (bicyclic) bond motifs is 2. The van der Waals surface area contributed by atoms with Gasteiger partial charge in [0.2, 0.25) is 5.91 Å². The molecule has 0 bridgehead atoms. The highest BCUT2D eigenvalue weighted by molar-refractivity contribution is 8.00. The van der Waals surface area contributed by atoms with Gasteiger partial charge < -0.3 is 4.90 Å². The monoisotopic (exact) mass is 469 g/mol. The Hall–Kier alpha value is -3.38. The third kappa shape index (κ3) is 4.03. The number of amides is 1. The van der Waals surface area contributed by atoms with Crippen molar-refractivity contribution in [2.45, 2.75) is 44.1 Å². The fourth-order valence-corrected chi connectivity index (χ4v) is 5.53. The van der Waals surface area contributed by atoms with Crippen LogP contribution in [0.25, 0.3) is 16.6 Å². The SMILES string of the molecule is Cc1cccc(-n2c(SC(C)C(=O)N3CCc4ccccc4C3)nc3ccccc3c2=O)c1C. The zero-order chi connectivity index (χ0) is 23.8. The minimum Gasteiger partial charge on any atom is -0.337 e. The van der Waals surface area contributed by atoms with Crippen molar-refractivity contribution in [1.29, 1.82) is 0 Å². The number of nitrogens with zero attached hydrogens (tertiary/aromatic N) is 3. The molecular formula is C28H27N3O2S. The van der Waals surface area contributed by atoms with E-state index in [9.17, 15) is 9.59 Å². The number of hydrogen-bond acceptors (Lipinski definition) is 4. The van der Waals surface area contributed by atoms with Gasteiger partial charge in [0, 0.05) is 13.1 Å². The minimum atomic E-state index is -0.380. The summed E-state index contributed by atoms with van der Waals surface area (Å²) in [6.07, 6.45) is 0.862. The van der Waals surface area contributed by atoms with Crippen molar-refractivity contribution in [3.63, 3.8) is 0 Å². The van der Waals surface area contributed by atoms with Gasteiger partial charge in [0.15, 0.2) is 5.16 Å². The molecule has 5 rings (SSSR count). The summed E-state index contributed by atoms with van der Waals surface area (Å²) in [5.74, 6) is 0.0643. The van der Waals surface area contributed by atoms with Gasteiger partial charge in [-0.3, -0.25) is 14.2 Å². The molecular weight excluding hydrogens is 442 g/mol.